The van der Waals surface area contributed by atoms with Crippen LogP contribution in [0.4, 0.5) is 0 Å². The van der Waals surface area contributed by atoms with E-state index in [1.54, 1.807) is 0 Å². The smallest absolute Gasteiger partial charge is 0.231 e. The highest BCUT2D eigenvalue weighted by Crippen LogP contribution is 2.48. The molecule has 3 aliphatic rings. The van der Waals surface area contributed by atoms with Crippen LogP contribution in [0.25, 0.3) is 0 Å². The SMILES string of the molecule is CCOc1ccc([C@@H]2Oc3ccc(Br)cc3[C@H]3CC(c4ccc5c(c4)OCO5)=NN32)cc1. The Hall–Kier alpha value is -3.19. The van der Waals surface area contributed by atoms with Gasteiger partial charge < -0.3 is 18.9 Å². The molecule has 6 nitrogen and oxygen atoms in total. The molecule has 162 valence electrons. The van der Waals surface area contributed by atoms with E-state index in [0.717, 1.165) is 56.3 Å². The van der Waals surface area contributed by atoms with Gasteiger partial charge in [0.25, 0.3) is 0 Å². The number of fused-ring (bicyclic) bond motifs is 4. The maximum absolute atomic E-state index is 6.46. The van der Waals surface area contributed by atoms with Gasteiger partial charge in [0, 0.05) is 27.6 Å². The second kappa shape index (κ2) is 7.74. The first-order valence-corrected chi connectivity index (χ1v) is 11.4. The zero-order chi connectivity index (χ0) is 21.7. The predicted molar refractivity (Wildman–Crippen MR) is 123 cm³/mol. The molecule has 0 saturated carbocycles. The van der Waals surface area contributed by atoms with Gasteiger partial charge in [-0.05, 0) is 67.6 Å². The number of halogens is 1. The molecule has 32 heavy (non-hydrogen) atoms. The van der Waals surface area contributed by atoms with Crippen molar-refractivity contribution in [2.24, 2.45) is 5.10 Å². The second-order valence-corrected chi connectivity index (χ2v) is 8.78. The van der Waals surface area contributed by atoms with E-state index < -0.39 is 0 Å². The molecule has 0 N–H and O–H groups in total. The molecule has 3 aromatic rings. The average Bonchev–Trinajstić information content (AvgIpc) is 3.46. The molecule has 3 aliphatic heterocycles. The largest absolute Gasteiger partial charge is 0.494 e. The maximum atomic E-state index is 6.46. The number of ether oxygens (including phenoxy) is 4. The molecule has 0 saturated heterocycles. The molecule has 0 spiro atoms. The molecule has 3 heterocycles. The molecule has 0 aromatic heterocycles. The molecular weight excluding hydrogens is 472 g/mol. The number of hydrogen-bond acceptors (Lipinski definition) is 6. The Balaban J connectivity index is 1.40. The molecule has 3 aromatic carbocycles. The third-order valence-corrected chi connectivity index (χ3v) is 6.43. The van der Waals surface area contributed by atoms with Crippen LogP contribution in [-0.2, 0) is 0 Å². The molecule has 2 atom stereocenters. The standard InChI is InChI=1S/C25H21BrN2O4/c1-2-29-18-7-3-15(4-8-18)25-28-21(19-12-17(26)6-10-22(19)32-25)13-20(27-28)16-5-9-23-24(11-16)31-14-30-23/h3-12,21,25H,2,13-14H2,1H3/t21-,25+/m1/s1. The Morgan fingerprint density at radius 3 is 2.66 bits per heavy atom. The monoisotopic (exact) mass is 492 g/mol. The second-order valence-electron chi connectivity index (χ2n) is 7.87. The number of hydrazone groups is 1. The van der Waals surface area contributed by atoms with Crippen LogP contribution >= 0.6 is 15.9 Å². The van der Waals surface area contributed by atoms with Gasteiger partial charge in [-0.25, -0.2) is 5.01 Å². The van der Waals surface area contributed by atoms with Crippen molar-refractivity contribution >= 4 is 21.6 Å². The lowest BCUT2D eigenvalue weighted by Crippen LogP contribution is -2.33. The van der Waals surface area contributed by atoms with Crippen LogP contribution in [0.5, 0.6) is 23.0 Å². The maximum Gasteiger partial charge on any atom is 0.231 e. The van der Waals surface area contributed by atoms with Crippen molar-refractivity contribution in [3.63, 3.8) is 0 Å². The van der Waals surface area contributed by atoms with Gasteiger partial charge in [-0.2, -0.15) is 5.10 Å². The third kappa shape index (κ3) is 3.28. The third-order valence-electron chi connectivity index (χ3n) is 5.93. The molecule has 0 amide bonds. The van der Waals surface area contributed by atoms with Crippen LogP contribution in [0.2, 0.25) is 0 Å². The van der Waals surface area contributed by atoms with Crippen molar-refractivity contribution in [2.45, 2.75) is 25.6 Å². The van der Waals surface area contributed by atoms with Gasteiger partial charge in [0.1, 0.15) is 11.5 Å². The Kier molecular flexibility index (Phi) is 4.72. The fourth-order valence-electron chi connectivity index (χ4n) is 4.42. The summed E-state index contributed by atoms with van der Waals surface area (Å²) < 4.78 is 24.1. The minimum Gasteiger partial charge on any atom is -0.494 e. The lowest BCUT2D eigenvalue weighted by Gasteiger charge is -2.38. The van der Waals surface area contributed by atoms with E-state index >= 15 is 0 Å². The van der Waals surface area contributed by atoms with Crippen LogP contribution in [0.3, 0.4) is 0 Å². The minimum absolute atomic E-state index is 0.0771. The zero-order valence-corrected chi connectivity index (χ0v) is 19.0. The van der Waals surface area contributed by atoms with E-state index in [9.17, 15) is 0 Å². The van der Waals surface area contributed by atoms with Gasteiger partial charge in [0.15, 0.2) is 11.5 Å². The normalized spacial score (nSPS) is 20.3. The molecule has 7 heteroatoms. The van der Waals surface area contributed by atoms with Gasteiger partial charge in [-0.3, -0.25) is 0 Å². The first-order chi connectivity index (χ1) is 15.7. The fraction of sp³-hybridized carbons (Fsp3) is 0.240. The Labute approximate surface area is 194 Å². The quantitative estimate of drug-likeness (QED) is 0.459. The van der Waals surface area contributed by atoms with Crippen LogP contribution in [0, 0.1) is 0 Å². The van der Waals surface area contributed by atoms with Crippen LogP contribution < -0.4 is 18.9 Å². The Bertz CT molecular complexity index is 1210. The van der Waals surface area contributed by atoms with Crippen molar-refractivity contribution in [2.75, 3.05) is 13.4 Å². The molecule has 0 fully saturated rings. The van der Waals surface area contributed by atoms with Crippen molar-refractivity contribution in [3.8, 4) is 23.0 Å². The van der Waals surface area contributed by atoms with Gasteiger partial charge in [-0.15, -0.1) is 0 Å². The summed E-state index contributed by atoms with van der Waals surface area (Å²) in [6.07, 6.45) is 0.454. The van der Waals surface area contributed by atoms with Crippen molar-refractivity contribution in [3.05, 3.63) is 81.8 Å². The average molecular weight is 493 g/mol. The highest BCUT2D eigenvalue weighted by atomic mass is 79.9. The van der Waals surface area contributed by atoms with E-state index in [-0.39, 0.29) is 19.1 Å². The van der Waals surface area contributed by atoms with Gasteiger partial charge in [-0.1, -0.05) is 15.9 Å². The van der Waals surface area contributed by atoms with Crippen LogP contribution in [-0.4, -0.2) is 24.1 Å². The van der Waals surface area contributed by atoms with Crippen LogP contribution in [0.15, 0.2) is 70.2 Å². The highest BCUT2D eigenvalue weighted by molar-refractivity contribution is 9.10. The predicted octanol–water partition coefficient (Wildman–Crippen LogP) is 5.82. The van der Waals surface area contributed by atoms with E-state index in [1.807, 2.05) is 61.5 Å². The van der Waals surface area contributed by atoms with Crippen molar-refractivity contribution in [1.29, 1.82) is 0 Å². The number of hydrogen-bond donors (Lipinski definition) is 0. The van der Waals surface area contributed by atoms with Gasteiger partial charge in [0.05, 0.1) is 18.4 Å². The van der Waals surface area contributed by atoms with E-state index in [1.165, 1.54) is 0 Å². The summed E-state index contributed by atoms with van der Waals surface area (Å²) in [6, 6.07) is 20.3. The summed E-state index contributed by atoms with van der Waals surface area (Å²) in [7, 11) is 0. The lowest BCUT2D eigenvalue weighted by molar-refractivity contribution is -0.0191. The number of benzene rings is 3. The molecule has 0 radical (unpaired) electrons. The first kappa shape index (κ1) is 19.5. The zero-order valence-electron chi connectivity index (χ0n) is 17.5. The summed E-state index contributed by atoms with van der Waals surface area (Å²) in [5.41, 5.74) is 4.19. The van der Waals surface area contributed by atoms with Crippen molar-refractivity contribution < 1.29 is 18.9 Å². The summed E-state index contributed by atoms with van der Waals surface area (Å²) in [4.78, 5) is 0. The number of nitrogens with zero attached hydrogens (tertiary/aromatic N) is 2. The summed E-state index contributed by atoms with van der Waals surface area (Å²) in [5.74, 6) is 3.27. The topological polar surface area (TPSA) is 52.5 Å². The summed E-state index contributed by atoms with van der Waals surface area (Å²) >= 11 is 3.61. The highest BCUT2D eigenvalue weighted by Gasteiger charge is 2.41. The van der Waals surface area contributed by atoms with Crippen LogP contribution in [0.1, 0.15) is 42.3 Å². The van der Waals surface area contributed by atoms with E-state index in [2.05, 4.69) is 27.0 Å². The summed E-state index contributed by atoms with van der Waals surface area (Å²) in [5, 5.41) is 7.11. The molecule has 0 aliphatic carbocycles. The van der Waals surface area contributed by atoms with Gasteiger partial charge >= 0.3 is 0 Å². The molecule has 0 bridgehead atoms. The van der Waals surface area contributed by atoms with E-state index in [4.69, 9.17) is 24.0 Å². The Morgan fingerprint density at radius 2 is 1.81 bits per heavy atom. The first-order valence-electron chi connectivity index (χ1n) is 10.6. The van der Waals surface area contributed by atoms with Gasteiger partial charge in [0.2, 0.25) is 13.0 Å². The molecule has 0 unspecified atom stereocenters. The lowest BCUT2D eigenvalue weighted by atomic mass is 9.96. The number of rotatable bonds is 4. The van der Waals surface area contributed by atoms with Crippen molar-refractivity contribution in [1.82, 2.24) is 5.01 Å². The summed E-state index contributed by atoms with van der Waals surface area (Å²) in [6.45, 7) is 2.88. The minimum atomic E-state index is -0.323. The fourth-order valence-corrected chi connectivity index (χ4v) is 4.80. The Morgan fingerprint density at radius 1 is 1.00 bits per heavy atom. The van der Waals surface area contributed by atoms with E-state index in [0.29, 0.717) is 6.61 Å². The molecular formula is C25H21BrN2O4. The molecule has 6 rings (SSSR count).